The van der Waals surface area contributed by atoms with Crippen LogP contribution in [0.5, 0.6) is 0 Å². The number of rotatable bonds is 4. The van der Waals surface area contributed by atoms with E-state index >= 15 is 0 Å². The van der Waals surface area contributed by atoms with Crippen LogP contribution in [-0.4, -0.2) is 37.2 Å². The van der Waals surface area contributed by atoms with E-state index in [-0.39, 0.29) is 5.60 Å². The molecule has 0 N–H and O–H groups in total. The fourth-order valence-electron chi connectivity index (χ4n) is 1.87. The molecular formula is C16H37NO. The Bertz CT molecular complexity index is 168. The van der Waals surface area contributed by atoms with Gasteiger partial charge in [-0.25, -0.2) is 0 Å². The highest BCUT2D eigenvalue weighted by Gasteiger charge is 2.35. The summed E-state index contributed by atoms with van der Waals surface area (Å²) in [5, 5.41) is 0. The minimum atomic E-state index is 0.185. The summed E-state index contributed by atoms with van der Waals surface area (Å²) < 4.78 is 5.92. The van der Waals surface area contributed by atoms with Crippen molar-refractivity contribution in [2.45, 2.75) is 73.3 Å². The van der Waals surface area contributed by atoms with Gasteiger partial charge in [0.15, 0.2) is 0 Å². The smallest absolute Gasteiger partial charge is 0.0818 e. The predicted octanol–water partition coefficient (Wildman–Crippen LogP) is 4.59. The van der Waals surface area contributed by atoms with Gasteiger partial charge in [0.1, 0.15) is 0 Å². The van der Waals surface area contributed by atoms with Crippen LogP contribution in [-0.2, 0) is 4.74 Å². The standard InChI is InChI=1S/C10H21NO.C4H10.C2H6/c1-4-8-12-10(5-2)6-7-11(3)9-10;1-4(2)3;1-2/h4-9H2,1-3H3;4H,1-3H3;1-2H3. The zero-order chi connectivity index (χ0) is 14.6. The predicted molar refractivity (Wildman–Crippen MR) is 83.2 cm³/mol. The minimum Gasteiger partial charge on any atom is -0.374 e. The molecule has 0 aromatic heterocycles. The van der Waals surface area contributed by atoms with Crippen LogP contribution in [0.15, 0.2) is 0 Å². The van der Waals surface area contributed by atoms with Crippen LogP contribution in [0.1, 0.15) is 67.7 Å². The SMILES string of the molecule is CC.CC(C)C.CCCOC1(CC)CCN(C)C1. The van der Waals surface area contributed by atoms with Gasteiger partial charge >= 0.3 is 0 Å². The highest BCUT2D eigenvalue weighted by molar-refractivity contribution is 4.89. The Hall–Kier alpha value is -0.0800. The summed E-state index contributed by atoms with van der Waals surface area (Å²) in [4.78, 5) is 2.36. The van der Waals surface area contributed by atoms with Gasteiger partial charge < -0.3 is 9.64 Å². The Morgan fingerprint density at radius 1 is 1.17 bits per heavy atom. The summed E-state index contributed by atoms with van der Waals surface area (Å²) in [6.45, 7) is 18.1. The molecule has 1 fully saturated rings. The van der Waals surface area contributed by atoms with Crippen molar-refractivity contribution >= 4 is 0 Å². The first-order valence-electron chi connectivity index (χ1n) is 7.78. The fourth-order valence-corrected chi connectivity index (χ4v) is 1.87. The van der Waals surface area contributed by atoms with Crippen LogP contribution in [0, 0.1) is 5.92 Å². The number of likely N-dealkylation sites (tertiary alicyclic amines) is 1. The molecule has 18 heavy (non-hydrogen) atoms. The summed E-state index contributed by atoms with van der Waals surface area (Å²) in [7, 11) is 2.17. The first-order valence-corrected chi connectivity index (χ1v) is 7.78. The van der Waals surface area contributed by atoms with E-state index in [2.05, 4.69) is 46.6 Å². The Balaban J connectivity index is 0. The van der Waals surface area contributed by atoms with Crippen molar-refractivity contribution < 1.29 is 4.74 Å². The summed E-state index contributed by atoms with van der Waals surface area (Å²) in [5.74, 6) is 0.833. The highest BCUT2D eigenvalue weighted by atomic mass is 16.5. The van der Waals surface area contributed by atoms with Crippen LogP contribution < -0.4 is 0 Å². The molecule has 0 aromatic rings. The maximum atomic E-state index is 5.92. The molecule has 0 bridgehead atoms. The topological polar surface area (TPSA) is 12.5 Å². The molecule has 0 radical (unpaired) electrons. The molecular weight excluding hydrogens is 222 g/mol. The maximum absolute atomic E-state index is 5.92. The molecule has 1 heterocycles. The lowest BCUT2D eigenvalue weighted by atomic mass is 10.00. The van der Waals surface area contributed by atoms with Gasteiger partial charge in [0.25, 0.3) is 0 Å². The summed E-state index contributed by atoms with van der Waals surface area (Å²) in [6.07, 6.45) is 3.49. The normalized spacial score (nSPS) is 23.2. The zero-order valence-electron chi connectivity index (χ0n) is 14.2. The van der Waals surface area contributed by atoms with Crippen molar-refractivity contribution in [3.05, 3.63) is 0 Å². The number of hydrogen-bond donors (Lipinski definition) is 0. The van der Waals surface area contributed by atoms with Crippen molar-refractivity contribution in [1.29, 1.82) is 0 Å². The van der Waals surface area contributed by atoms with E-state index in [0.29, 0.717) is 0 Å². The second-order valence-corrected chi connectivity index (χ2v) is 5.60. The van der Waals surface area contributed by atoms with E-state index < -0.39 is 0 Å². The van der Waals surface area contributed by atoms with E-state index in [1.807, 2.05) is 13.8 Å². The maximum Gasteiger partial charge on any atom is 0.0818 e. The average molecular weight is 259 g/mol. The second kappa shape index (κ2) is 12.0. The molecule has 1 rings (SSSR count). The minimum absolute atomic E-state index is 0.185. The molecule has 0 saturated carbocycles. The molecule has 2 heteroatoms. The lowest BCUT2D eigenvalue weighted by Crippen LogP contribution is -2.35. The molecule has 0 spiro atoms. The van der Waals surface area contributed by atoms with Gasteiger partial charge in [-0.15, -0.1) is 0 Å². The lowest BCUT2D eigenvalue weighted by Gasteiger charge is -2.27. The van der Waals surface area contributed by atoms with Crippen molar-refractivity contribution in [1.82, 2.24) is 4.90 Å². The molecule has 1 aliphatic rings. The monoisotopic (exact) mass is 259 g/mol. The van der Waals surface area contributed by atoms with Crippen LogP contribution in [0.2, 0.25) is 0 Å². The molecule has 1 unspecified atom stereocenters. The van der Waals surface area contributed by atoms with Crippen LogP contribution in [0.4, 0.5) is 0 Å². The molecule has 1 aliphatic heterocycles. The second-order valence-electron chi connectivity index (χ2n) is 5.60. The van der Waals surface area contributed by atoms with Crippen molar-refractivity contribution in [2.24, 2.45) is 5.92 Å². The van der Waals surface area contributed by atoms with Crippen molar-refractivity contribution in [2.75, 3.05) is 26.7 Å². The van der Waals surface area contributed by atoms with Crippen LogP contribution >= 0.6 is 0 Å². The molecule has 1 saturated heterocycles. The first-order chi connectivity index (χ1) is 8.45. The van der Waals surface area contributed by atoms with Gasteiger partial charge in [-0.3, -0.25) is 0 Å². The van der Waals surface area contributed by atoms with E-state index in [0.717, 1.165) is 31.9 Å². The third kappa shape index (κ3) is 9.90. The van der Waals surface area contributed by atoms with Gasteiger partial charge in [-0.1, -0.05) is 48.5 Å². The summed E-state index contributed by atoms with van der Waals surface area (Å²) in [6, 6.07) is 0. The molecule has 112 valence electrons. The third-order valence-corrected chi connectivity index (χ3v) is 2.76. The van der Waals surface area contributed by atoms with E-state index in [9.17, 15) is 0 Å². The van der Waals surface area contributed by atoms with Gasteiger partial charge in [-0.2, -0.15) is 0 Å². The van der Waals surface area contributed by atoms with Gasteiger partial charge in [-0.05, 0) is 32.2 Å². The van der Waals surface area contributed by atoms with Crippen LogP contribution in [0.3, 0.4) is 0 Å². The quantitative estimate of drug-likeness (QED) is 0.732. The number of hydrogen-bond acceptors (Lipinski definition) is 2. The fraction of sp³-hybridized carbons (Fsp3) is 1.00. The van der Waals surface area contributed by atoms with Crippen LogP contribution in [0.25, 0.3) is 0 Å². The Morgan fingerprint density at radius 3 is 1.94 bits per heavy atom. The van der Waals surface area contributed by atoms with Gasteiger partial charge in [0, 0.05) is 19.7 Å². The van der Waals surface area contributed by atoms with E-state index in [4.69, 9.17) is 4.74 Å². The molecule has 0 aliphatic carbocycles. The molecule has 0 amide bonds. The van der Waals surface area contributed by atoms with Gasteiger partial charge in [0.2, 0.25) is 0 Å². The van der Waals surface area contributed by atoms with E-state index in [1.54, 1.807) is 0 Å². The molecule has 0 aromatic carbocycles. The Kier molecular flexibility index (Phi) is 13.5. The summed E-state index contributed by atoms with van der Waals surface area (Å²) in [5.41, 5.74) is 0.185. The number of nitrogens with zero attached hydrogens (tertiary/aromatic N) is 1. The van der Waals surface area contributed by atoms with Gasteiger partial charge in [0.05, 0.1) is 5.60 Å². The highest BCUT2D eigenvalue weighted by Crippen LogP contribution is 2.27. The van der Waals surface area contributed by atoms with E-state index in [1.165, 1.54) is 13.0 Å². The molecule has 1 atom stereocenters. The average Bonchev–Trinajstić information content (AvgIpc) is 2.71. The van der Waals surface area contributed by atoms with Crippen molar-refractivity contribution in [3.63, 3.8) is 0 Å². The first kappa shape index (κ1) is 20.2. The third-order valence-electron chi connectivity index (χ3n) is 2.76. The largest absolute Gasteiger partial charge is 0.374 e. The molecule has 2 nitrogen and oxygen atoms in total. The number of likely N-dealkylation sites (N-methyl/N-ethyl adjacent to an activating group) is 1. The van der Waals surface area contributed by atoms with Crippen molar-refractivity contribution in [3.8, 4) is 0 Å². The summed E-state index contributed by atoms with van der Waals surface area (Å²) >= 11 is 0. The lowest BCUT2D eigenvalue weighted by molar-refractivity contribution is -0.0385. The Labute approximate surface area is 116 Å². The number of ether oxygens (including phenoxy) is 1. The zero-order valence-corrected chi connectivity index (χ0v) is 14.2. The Morgan fingerprint density at radius 2 is 1.67 bits per heavy atom.